The summed E-state index contributed by atoms with van der Waals surface area (Å²) in [6.07, 6.45) is 8.39. The Morgan fingerprint density at radius 2 is 2.00 bits per heavy atom. The highest BCUT2D eigenvalue weighted by Crippen LogP contribution is 2.31. The summed E-state index contributed by atoms with van der Waals surface area (Å²) in [7, 11) is 0. The van der Waals surface area contributed by atoms with Gasteiger partial charge < -0.3 is 10.6 Å². The zero-order chi connectivity index (χ0) is 14.7. The number of fused-ring (bicyclic) bond motifs is 1. The molecule has 1 aliphatic heterocycles. The molecular formula is C18H25N3. The molecule has 1 aliphatic rings. The van der Waals surface area contributed by atoms with Crippen molar-refractivity contribution in [3.05, 3.63) is 36.0 Å². The second-order valence-electron chi connectivity index (χ2n) is 5.96. The van der Waals surface area contributed by atoms with Gasteiger partial charge in [0, 0.05) is 30.7 Å². The summed E-state index contributed by atoms with van der Waals surface area (Å²) >= 11 is 0. The first-order valence-electron chi connectivity index (χ1n) is 8.18. The van der Waals surface area contributed by atoms with Gasteiger partial charge in [0.25, 0.3) is 0 Å². The first-order valence-corrected chi connectivity index (χ1v) is 8.18. The summed E-state index contributed by atoms with van der Waals surface area (Å²) in [6.45, 7) is 3.96. The van der Waals surface area contributed by atoms with Gasteiger partial charge in [-0.2, -0.15) is 0 Å². The van der Waals surface area contributed by atoms with E-state index < -0.39 is 0 Å². The third-order valence-electron chi connectivity index (χ3n) is 4.70. The van der Waals surface area contributed by atoms with Gasteiger partial charge in [-0.1, -0.05) is 44.0 Å². The smallest absolute Gasteiger partial charge is 0.136 e. The molecule has 3 heteroatoms. The monoisotopic (exact) mass is 283 g/mol. The lowest BCUT2D eigenvalue weighted by atomic mass is 10.0. The van der Waals surface area contributed by atoms with Crippen molar-refractivity contribution in [3.63, 3.8) is 0 Å². The van der Waals surface area contributed by atoms with E-state index in [4.69, 9.17) is 10.7 Å². The van der Waals surface area contributed by atoms with Gasteiger partial charge in [0.1, 0.15) is 5.82 Å². The van der Waals surface area contributed by atoms with Gasteiger partial charge in [-0.05, 0) is 30.2 Å². The van der Waals surface area contributed by atoms with Crippen molar-refractivity contribution in [3.8, 4) is 0 Å². The minimum absolute atomic E-state index is 0.547. The van der Waals surface area contributed by atoms with E-state index in [9.17, 15) is 0 Å². The summed E-state index contributed by atoms with van der Waals surface area (Å²) in [5, 5.41) is 2.50. The van der Waals surface area contributed by atoms with E-state index in [1.165, 1.54) is 42.9 Å². The second-order valence-corrected chi connectivity index (χ2v) is 5.96. The van der Waals surface area contributed by atoms with E-state index in [2.05, 4.69) is 36.1 Å². The number of hydrogen-bond donors (Lipinski definition) is 1. The number of benzene rings is 1. The van der Waals surface area contributed by atoms with Crippen LogP contribution in [0.3, 0.4) is 0 Å². The average Bonchev–Trinajstić information content (AvgIpc) is 2.79. The third kappa shape index (κ3) is 2.75. The Kier molecular flexibility index (Phi) is 4.39. The van der Waals surface area contributed by atoms with Gasteiger partial charge in [0.2, 0.25) is 0 Å². The normalized spacial score (nSPS) is 19.7. The molecule has 1 fully saturated rings. The molecule has 0 amide bonds. The molecule has 0 bridgehead atoms. The maximum absolute atomic E-state index is 5.87. The third-order valence-corrected chi connectivity index (χ3v) is 4.70. The maximum atomic E-state index is 5.87. The minimum atomic E-state index is 0.547. The van der Waals surface area contributed by atoms with Gasteiger partial charge in [-0.15, -0.1) is 0 Å². The number of nitrogens with two attached hydrogens (primary N) is 1. The molecule has 21 heavy (non-hydrogen) atoms. The molecule has 2 heterocycles. The van der Waals surface area contributed by atoms with Crippen LogP contribution in [0.1, 0.15) is 44.6 Å². The zero-order valence-electron chi connectivity index (χ0n) is 12.9. The average molecular weight is 283 g/mol. The van der Waals surface area contributed by atoms with E-state index in [-0.39, 0.29) is 0 Å². The molecule has 1 unspecified atom stereocenters. The number of nitrogens with zero attached hydrogens (tertiary/aromatic N) is 2. The molecule has 3 rings (SSSR count). The van der Waals surface area contributed by atoms with Gasteiger partial charge >= 0.3 is 0 Å². The van der Waals surface area contributed by atoms with E-state index in [1.807, 2.05) is 6.20 Å². The molecule has 1 aromatic heterocycles. The molecule has 0 spiro atoms. The van der Waals surface area contributed by atoms with E-state index in [0.29, 0.717) is 12.6 Å². The lowest BCUT2D eigenvalue weighted by molar-refractivity contribution is 0.553. The van der Waals surface area contributed by atoms with Crippen molar-refractivity contribution >= 4 is 16.6 Å². The van der Waals surface area contributed by atoms with E-state index in [1.54, 1.807) is 0 Å². The molecule has 0 radical (unpaired) electrons. The first kappa shape index (κ1) is 14.3. The zero-order valence-corrected chi connectivity index (χ0v) is 12.9. The van der Waals surface area contributed by atoms with Gasteiger partial charge in [-0.25, -0.2) is 4.98 Å². The summed E-state index contributed by atoms with van der Waals surface area (Å²) in [5.41, 5.74) is 7.01. The molecule has 1 saturated heterocycles. The van der Waals surface area contributed by atoms with Crippen molar-refractivity contribution < 1.29 is 0 Å². The van der Waals surface area contributed by atoms with Crippen LogP contribution in [-0.2, 0) is 6.54 Å². The van der Waals surface area contributed by atoms with E-state index in [0.717, 1.165) is 17.9 Å². The molecule has 2 N–H and O–H groups in total. The number of aromatic nitrogens is 1. The van der Waals surface area contributed by atoms with Crippen LogP contribution in [0.4, 0.5) is 5.82 Å². The van der Waals surface area contributed by atoms with Gasteiger partial charge in [-0.3, -0.25) is 0 Å². The summed E-state index contributed by atoms with van der Waals surface area (Å²) in [6, 6.07) is 9.17. The molecule has 2 aromatic rings. The Labute approximate surface area is 127 Å². The molecule has 1 aromatic carbocycles. The molecule has 0 aliphatic carbocycles. The summed E-state index contributed by atoms with van der Waals surface area (Å²) in [4.78, 5) is 7.32. The Morgan fingerprint density at radius 3 is 2.76 bits per heavy atom. The van der Waals surface area contributed by atoms with Crippen molar-refractivity contribution in [1.82, 2.24) is 4.98 Å². The van der Waals surface area contributed by atoms with Crippen molar-refractivity contribution in [2.45, 2.75) is 51.6 Å². The molecule has 0 saturated carbocycles. The number of pyridine rings is 1. The number of anilines is 1. The lowest BCUT2D eigenvalue weighted by Crippen LogP contribution is -2.35. The number of hydrogen-bond acceptors (Lipinski definition) is 3. The van der Waals surface area contributed by atoms with Gasteiger partial charge in [0.05, 0.1) is 0 Å². The molecule has 3 nitrogen and oxygen atoms in total. The fourth-order valence-corrected chi connectivity index (χ4v) is 3.51. The topological polar surface area (TPSA) is 42.2 Å². The Balaban J connectivity index is 2.10. The van der Waals surface area contributed by atoms with Crippen molar-refractivity contribution in [2.75, 3.05) is 11.4 Å². The lowest BCUT2D eigenvalue weighted by Gasteiger charge is -2.31. The maximum Gasteiger partial charge on any atom is 0.136 e. The molecule has 112 valence electrons. The Hall–Kier alpha value is -1.61. The highest BCUT2D eigenvalue weighted by molar-refractivity contribution is 5.94. The van der Waals surface area contributed by atoms with Crippen LogP contribution in [0.15, 0.2) is 30.5 Å². The van der Waals surface area contributed by atoms with Gasteiger partial charge in [0.15, 0.2) is 0 Å². The highest BCUT2D eigenvalue weighted by atomic mass is 15.2. The largest absolute Gasteiger partial charge is 0.353 e. The highest BCUT2D eigenvalue weighted by Gasteiger charge is 2.22. The first-order chi connectivity index (χ1) is 10.3. The predicted molar refractivity (Wildman–Crippen MR) is 89.5 cm³/mol. The molecule has 1 atom stereocenters. The summed E-state index contributed by atoms with van der Waals surface area (Å²) in [5.74, 6) is 1.15. The summed E-state index contributed by atoms with van der Waals surface area (Å²) < 4.78 is 0. The number of rotatable bonds is 3. The van der Waals surface area contributed by atoms with Crippen LogP contribution in [0.25, 0.3) is 10.8 Å². The second kappa shape index (κ2) is 6.44. The Morgan fingerprint density at radius 1 is 1.19 bits per heavy atom. The van der Waals surface area contributed by atoms with Crippen molar-refractivity contribution in [2.24, 2.45) is 5.73 Å². The fraction of sp³-hybridized carbons (Fsp3) is 0.500. The van der Waals surface area contributed by atoms with Crippen LogP contribution in [0.2, 0.25) is 0 Å². The van der Waals surface area contributed by atoms with Crippen LogP contribution in [0.5, 0.6) is 0 Å². The minimum Gasteiger partial charge on any atom is -0.353 e. The molecular weight excluding hydrogens is 258 g/mol. The van der Waals surface area contributed by atoms with Crippen LogP contribution < -0.4 is 10.6 Å². The SMILES string of the molecule is CCC1CCCCCN1c1ncc(CN)c2ccccc12. The van der Waals surface area contributed by atoms with Crippen LogP contribution in [-0.4, -0.2) is 17.6 Å². The van der Waals surface area contributed by atoms with E-state index >= 15 is 0 Å². The van der Waals surface area contributed by atoms with Crippen molar-refractivity contribution in [1.29, 1.82) is 0 Å². The van der Waals surface area contributed by atoms with Crippen LogP contribution >= 0.6 is 0 Å². The fourth-order valence-electron chi connectivity index (χ4n) is 3.51. The quantitative estimate of drug-likeness (QED) is 0.930. The standard InChI is InChI=1S/C18H25N3/c1-2-15-8-4-3-7-11-21(15)18-17-10-6-5-9-16(17)14(12-19)13-20-18/h5-6,9-10,13,15H,2-4,7-8,11-12,19H2,1H3. The van der Waals surface area contributed by atoms with Crippen LogP contribution in [0, 0.1) is 0 Å². The predicted octanol–water partition coefficient (Wildman–Crippen LogP) is 3.85. The Bertz CT molecular complexity index is 608.